The summed E-state index contributed by atoms with van der Waals surface area (Å²) in [5.41, 5.74) is 2.50. The fourth-order valence-electron chi connectivity index (χ4n) is 5.22. The van der Waals surface area contributed by atoms with E-state index in [9.17, 15) is 4.79 Å². The van der Waals surface area contributed by atoms with Gasteiger partial charge in [0.05, 0.1) is 6.54 Å². The highest BCUT2D eigenvalue weighted by molar-refractivity contribution is 7.09. The highest BCUT2D eigenvalue weighted by atomic mass is 32.1. The summed E-state index contributed by atoms with van der Waals surface area (Å²) in [6, 6.07) is 4.36. The van der Waals surface area contributed by atoms with Gasteiger partial charge in [0.15, 0.2) is 0 Å². The van der Waals surface area contributed by atoms with Crippen molar-refractivity contribution in [3.05, 3.63) is 50.3 Å². The summed E-state index contributed by atoms with van der Waals surface area (Å²) >= 11 is 1.74. The van der Waals surface area contributed by atoms with E-state index in [4.69, 9.17) is 0 Å². The first-order chi connectivity index (χ1) is 13.3. The third kappa shape index (κ3) is 3.62. The minimum atomic E-state index is 0.265. The summed E-state index contributed by atoms with van der Waals surface area (Å²) in [5, 5.41) is 3.25. The average Bonchev–Trinajstić information content (AvgIpc) is 3.18. The van der Waals surface area contributed by atoms with Gasteiger partial charge in [-0.25, -0.2) is 4.98 Å². The third-order valence-electron chi connectivity index (χ3n) is 6.44. The molecule has 3 aliphatic heterocycles. The SMILES string of the molecule is O=c1c(CN2CCCCC2)ccc2n1C[C@H]1C[C@@H]2CN(Cc2nccs2)C1. The lowest BCUT2D eigenvalue weighted by atomic mass is 9.83. The molecular formula is C21H28N4OS. The van der Waals surface area contributed by atoms with E-state index in [2.05, 4.69) is 36.9 Å². The summed E-state index contributed by atoms with van der Waals surface area (Å²) in [5.74, 6) is 1.06. The highest BCUT2D eigenvalue weighted by Gasteiger charge is 2.35. The smallest absolute Gasteiger partial charge is 0.255 e. The number of thiazole rings is 1. The fraction of sp³-hybridized carbons (Fsp3) is 0.619. The van der Waals surface area contributed by atoms with Crippen molar-refractivity contribution in [1.82, 2.24) is 19.4 Å². The molecule has 0 aliphatic carbocycles. The molecule has 3 aliphatic rings. The van der Waals surface area contributed by atoms with Gasteiger partial charge in [-0.05, 0) is 44.3 Å². The second-order valence-corrected chi connectivity index (χ2v) is 9.43. The Morgan fingerprint density at radius 1 is 1.04 bits per heavy atom. The van der Waals surface area contributed by atoms with Crippen molar-refractivity contribution in [2.45, 2.75) is 51.2 Å². The Morgan fingerprint density at radius 3 is 2.74 bits per heavy atom. The number of fused-ring (bicyclic) bond motifs is 4. The lowest BCUT2D eigenvalue weighted by molar-refractivity contribution is 0.114. The van der Waals surface area contributed by atoms with Crippen LogP contribution in [0.2, 0.25) is 0 Å². The lowest BCUT2D eigenvalue weighted by Gasteiger charge is -2.42. The van der Waals surface area contributed by atoms with E-state index in [1.54, 1.807) is 11.3 Å². The molecule has 0 radical (unpaired) electrons. The molecule has 2 saturated heterocycles. The van der Waals surface area contributed by atoms with E-state index in [0.717, 1.165) is 51.4 Å². The zero-order valence-corrected chi connectivity index (χ0v) is 16.7. The van der Waals surface area contributed by atoms with Crippen molar-refractivity contribution < 1.29 is 0 Å². The van der Waals surface area contributed by atoms with E-state index in [1.165, 1.54) is 36.4 Å². The molecular weight excluding hydrogens is 356 g/mol. The van der Waals surface area contributed by atoms with Crippen LogP contribution in [0.25, 0.3) is 0 Å². The van der Waals surface area contributed by atoms with Crippen molar-refractivity contribution in [1.29, 1.82) is 0 Å². The molecule has 5 rings (SSSR count). The first-order valence-corrected chi connectivity index (χ1v) is 11.2. The number of hydrogen-bond acceptors (Lipinski definition) is 5. The normalized spacial score (nSPS) is 26.1. The molecule has 144 valence electrons. The summed E-state index contributed by atoms with van der Waals surface area (Å²) < 4.78 is 2.11. The van der Waals surface area contributed by atoms with Crippen LogP contribution in [-0.2, 0) is 19.6 Å². The quantitative estimate of drug-likeness (QED) is 0.813. The molecule has 0 spiro atoms. The van der Waals surface area contributed by atoms with Crippen LogP contribution >= 0.6 is 11.3 Å². The van der Waals surface area contributed by atoms with Crippen LogP contribution in [-0.4, -0.2) is 45.5 Å². The van der Waals surface area contributed by atoms with Crippen molar-refractivity contribution in [3.63, 3.8) is 0 Å². The number of pyridine rings is 1. The van der Waals surface area contributed by atoms with Crippen LogP contribution in [0.1, 0.15) is 47.9 Å². The number of likely N-dealkylation sites (tertiary alicyclic amines) is 2. The van der Waals surface area contributed by atoms with E-state index < -0.39 is 0 Å². The second-order valence-electron chi connectivity index (χ2n) is 8.45. The zero-order valence-electron chi connectivity index (χ0n) is 15.8. The van der Waals surface area contributed by atoms with Crippen molar-refractivity contribution >= 4 is 11.3 Å². The highest BCUT2D eigenvalue weighted by Crippen LogP contribution is 2.35. The van der Waals surface area contributed by atoms with E-state index in [1.807, 2.05) is 6.20 Å². The molecule has 2 aromatic heterocycles. The van der Waals surface area contributed by atoms with Crippen LogP contribution in [0.4, 0.5) is 0 Å². The predicted molar refractivity (Wildman–Crippen MR) is 108 cm³/mol. The molecule has 0 amide bonds. The van der Waals surface area contributed by atoms with Gasteiger partial charge < -0.3 is 4.57 Å². The number of aromatic nitrogens is 2. The molecule has 0 saturated carbocycles. The Kier molecular flexibility index (Phi) is 4.88. The molecule has 0 unspecified atom stereocenters. The zero-order chi connectivity index (χ0) is 18.2. The molecule has 0 N–H and O–H groups in total. The van der Waals surface area contributed by atoms with Crippen LogP contribution in [0.5, 0.6) is 0 Å². The van der Waals surface area contributed by atoms with Crippen molar-refractivity contribution in [2.75, 3.05) is 26.2 Å². The van der Waals surface area contributed by atoms with Gasteiger partial charge in [0.25, 0.3) is 5.56 Å². The second kappa shape index (κ2) is 7.49. The number of hydrogen-bond donors (Lipinski definition) is 0. The van der Waals surface area contributed by atoms with E-state index >= 15 is 0 Å². The molecule has 5 nitrogen and oxygen atoms in total. The molecule has 6 heteroatoms. The fourth-order valence-corrected chi connectivity index (χ4v) is 5.88. The Balaban J connectivity index is 1.35. The van der Waals surface area contributed by atoms with Crippen molar-refractivity contribution in [3.8, 4) is 0 Å². The summed E-state index contributed by atoms with van der Waals surface area (Å²) in [7, 11) is 0. The Morgan fingerprint density at radius 2 is 1.93 bits per heavy atom. The minimum Gasteiger partial charge on any atom is -0.312 e. The maximum atomic E-state index is 13.2. The Bertz CT molecular complexity index is 840. The monoisotopic (exact) mass is 384 g/mol. The van der Waals surface area contributed by atoms with Gasteiger partial charge in [0, 0.05) is 54.9 Å². The maximum Gasteiger partial charge on any atom is 0.255 e. The van der Waals surface area contributed by atoms with Crippen LogP contribution in [0, 0.1) is 5.92 Å². The van der Waals surface area contributed by atoms with Crippen LogP contribution < -0.4 is 5.56 Å². The molecule has 2 aromatic rings. The van der Waals surface area contributed by atoms with Gasteiger partial charge in [0.1, 0.15) is 5.01 Å². The Labute approximate surface area is 164 Å². The van der Waals surface area contributed by atoms with Crippen LogP contribution in [0.3, 0.4) is 0 Å². The van der Waals surface area contributed by atoms with Crippen LogP contribution in [0.15, 0.2) is 28.5 Å². The van der Waals surface area contributed by atoms with Gasteiger partial charge in [0.2, 0.25) is 0 Å². The van der Waals surface area contributed by atoms with Gasteiger partial charge in [-0.2, -0.15) is 0 Å². The number of nitrogens with zero attached hydrogens (tertiary/aromatic N) is 4. The summed E-state index contributed by atoms with van der Waals surface area (Å²) in [6.45, 7) is 7.05. The third-order valence-corrected chi connectivity index (χ3v) is 7.21. The number of piperidine rings is 2. The van der Waals surface area contributed by atoms with Gasteiger partial charge in [-0.15, -0.1) is 11.3 Å². The first kappa shape index (κ1) is 17.6. The van der Waals surface area contributed by atoms with Gasteiger partial charge in [-0.3, -0.25) is 14.6 Å². The number of rotatable bonds is 4. The van der Waals surface area contributed by atoms with Gasteiger partial charge in [-0.1, -0.05) is 12.5 Å². The predicted octanol–water partition coefficient (Wildman–Crippen LogP) is 2.91. The average molecular weight is 385 g/mol. The molecule has 2 bridgehead atoms. The molecule has 27 heavy (non-hydrogen) atoms. The minimum absolute atomic E-state index is 0.265. The molecule has 2 fully saturated rings. The first-order valence-electron chi connectivity index (χ1n) is 10.3. The molecule has 5 heterocycles. The maximum absolute atomic E-state index is 13.2. The van der Waals surface area contributed by atoms with Gasteiger partial charge >= 0.3 is 0 Å². The molecule has 2 atom stereocenters. The molecule has 0 aromatic carbocycles. The van der Waals surface area contributed by atoms with E-state index in [-0.39, 0.29) is 5.56 Å². The summed E-state index contributed by atoms with van der Waals surface area (Å²) in [4.78, 5) is 22.6. The summed E-state index contributed by atoms with van der Waals surface area (Å²) in [6.07, 6.45) is 6.99. The van der Waals surface area contributed by atoms with Crippen molar-refractivity contribution in [2.24, 2.45) is 5.92 Å². The topological polar surface area (TPSA) is 41.4 Å². The van der Waals surface area contributed by atoms with E-state index in [0.29, 0.717) is 11.8 Å². The Hall–Kier alpha value is -1.50. The standard InChI is InChI=1S/C21H28N4OS/c26-21-17(13-23-7-2-1-3-8-23)4-5-19-18-10-16(12-25(19)21)11-24(14-18)15-20-22-6-9-27-20/h4-6,9,16,18H,1-3,7-8,10-15H2/t16-,18+/m0/s1. The lowest BCUT2D eigenvalue weighted by Crippen LogP contribution is -2.47. The largest absolute Gasteiger partial charge is 0.312 e.